The van der Waals surface area contributed by atoms with Crippen LogP contribution in [0.5, 0.6) is 11.6 Å². The highest BCUT2D eigenvalue weighted by molar-refractivity contribution is 5.41. The van der Waals surface area contributed by atoms with E-state index >= 15 is 0 Å². The molecule has 0 amide bonds. The number of H-pyrrole nitrogens is 1. The summed E-state index contributed by atoms with van der Waals surface area (Å²) < 4.78 is 19.2. The van der Waals surface area contributed by atoms with E-state index in [0.717, 1.165) is 0 Å². The minimum atomic E-state index is -1.42. The molecule has 2 aromatic rings. The first-order chi connectivity index (χ1) is 9.04. The topological polar surface area (TPSA) is 84.3 Å². The lowest BCUT2D eigenvalue weighted by Crippen LogP contribution is -2.30. The number of aromatic nitrogens is 2. The van der Waals surface area contributed by atoms with E-state index in [1.54, 1.807) is 24.0 Å². The Labute approximate surface area is 106 Å². The Bertz CT molecular complexity index is 720. The molecule has 0 atom stereocenters. The number of rotatable bonds is 3. The first-order valence-electron chi connectivity index (χ1n) is 5.51. The maximum atomic E-state index is 13.3. The van der Waals surface area contributed by atoms with Gasteiger partial charge in [0, 0.05) is 6.07 Å². The van der Waals surface area contributed by atoms with Crippen molar-refractivity contribution in [2.24, 2.45) is 0 Å². The van der Waals surface area contributed by atoms with Crippen molar-refractivity contribution >= 4 is 0 Å². The van der Waals surface area contributed by atoms with Crippen molar-refractivity contribution in [3.8, 4) is 17.3 Å². The van der Waals surface area contributed by atoms with Crippen molar-refractivity contribution in [3.05, 3.63) is 50.9 Å². The van der Waals surface area contributed by atoms with E-state index < -0.39 is 22.9 Å². The molecule has 1 aromatic heterocycles. The molecule has 0 aliphatic carbocycles. The van der Waals surface area contributed by atoms with Gasteiger partial charge in [-0.15, -0.1) is 0 Å². The molecule has 19 heavy (non-hydrogen) atoms. The molecule has 0 aliphatic rings. The minimum absolute atomic E-state index is 0.184. The van der Waals surface area contributed by atoms with Crippen LogP contribution in [0.2, 0.25) is 0 Å². The molecular weight excluding hydrogens is 255 g/mol. The smallest absolute Gasteiger partial charge is 0.335 e. The Morgan fingerprint density at radius 1 is 1.42 bits per heavy atom. The lowest BCUT2D eigenvalue weighted by Gasteiger charge is -2.09. The first kappa shape index (κ1) is 12.9. The molecule has 0 aliphatic heterocycles. The van der Waals surface area contributed by atoms with Crippen LogP contribution in [0.25, 0.3) is 5.69 Å². The minimum Gasteiger partial charge on any atom is -0.494 e. The number of halogens is 1. The Balaban J connectivity index is 2.66. The number of aromatic amines is 1. The second-order valence-corrected chi connectivity index (χ2v) is 3.66. The summed E-state index contributed by atoms with van der Waals surface area (Å²) >= 11 is 0. The zero-order valence-electron chi connectivity index (χ0n) is 10.0. The van der Waals surface area contributed by atoms with Gasteiger partial charge in [0.05, 0.1) is 12.3 Å². The molecule has 0 spiro atoms. The fourth-order valence-corrected chi connectivity index (χ4v) is 1.62. The maximum absolute atomic E-state index is 13.3. The molecule has 0 saturated heterocycles. The fourth-order valence-electron chi connectivity index (χ4n) is 1.62. The van der Waals surface area contributed by atoms with Gasteiger partial charge >= 0.3 is 5.69 Å². The lowest BCUT2D eigenvalue weighted by atomic mass is 10.3. The SMILES string of the molecule is CCOc1cccc(-n2c(O)c(F)c(=O)[nH]c2=O)c1. The molecule has 0 saturated carbocycles. The van der Waals surface area contributed by atoms with Gasteiger partial charge in [-0.2, -0.15) is 4.39 Å². The number of hydrogen-bond acceptors (Lipinski definition) is 4. The number of aromatic hydroxyl groups is 1. The molecule has 0 unspecified atom stereocenters. The van der Waals surface area contributed by atoms with Gasteiger partial charge in [-0.05, 0) is 19.1 Å². The molecule has 7 heteroatoms. The molecule has 2 rings (SSSR count). The summed E-state index contributed by atoms with van der Waals surface area (Å²) in [5, 5.41) is 9.56. The summed E-state index contributed by atoms with van der Waals surface area (Å²) in [4.78, 5) is 24.4. The average Bonchev–Trinajstić information content (AvgIpc) is 2.37. The largest absolute Gasteiger partial charge is 0.494 e. The van der Waals surface area contributed by atoms with Crippen molar-refractivity contribution in [1.82, 2.24) is 9.55 Å². The van der Waals surface area contributed by atoms with Crippen LogP contribution in [-0.4, -0.2) is 21.3 Å². The predicted octanol–water partition coefficient (Wildman–Crippen LogP) is 0.769. The molecular formula is C12H11FN2O4. The van der Waals surface area contributed by atoms with Crippen molar-refractivity contribution < 1.29 is 14.2 Å². The normalized spacial score (nSPS) is 10.4. The number of hydrogen-bond donors (Lipinski definition) is 2. The Morgan fingerprint density at radius 3 is 2.84 bits per heavy atom. The number of nitrogens with zero attached hydrogens (tertiary/aromatic N) is 1. The van der Waals surface area contributed by atoms with E-state index in [1.165, 1.54) is 12.1 Å². The van der Waals surface area contributed by atoms with Crippen LogP contribution < -0.4 is 16.0 Å². The predicted molar refractivity (Wildman–Crippen MR) is 65.5 cm³/mol. The summed E-state index contributed by atoms with van der Waals surface area (Å²) in [6.07, 6.45) is 0. The summed E-state index contributed by atoms with van der Waals surface area (Å²) in [7, 11) is 0. The number of ether oxygens (including phenoxy) is 1. The van der Waals surface area contributed by atoms with Gasteiger partial charge < -0.3 is 9.84 Å². The quantitative estimate of drug-likeness (QED) is 0.859. The van der Waals surface area contributed by atoms with Crippen LogP contribution in [0.15, 0.2) is 33.9 Å². The summed E-state index contributed by atoms with van der Waals surface area (Å²) in [5.74, 6) is -2.00. The van der Waals surface area contributed by atoms with E-state index in [-0.39, 0.29) is 5.69 Å². The van der Waals surface area contributed by atoms with Gasteiger partial charge in [-0.25, -0.2) is 9.36 Å². The standard InChI is InChI=1S/C12H11FN2O4/c1-2-19-8-5-3-4-7(6-8)15-11(17)9(13)10(16)14-12(15)18/h3-6,17H,2H2,1H3,(H,14,16,18). The van der Waals surface area contributed by atoms with E-state index in [4.69, 9.17) is 4.74 Å². The molecule has 0 radical (unpaired) electrons. The third-order valence-electron chi connectivity index (χ3n) is 2.42. The van der Waals surface area contributed by atoms with Gasteiger partial charge in [-0.3, -0.25) is 9.78 Å². The second-order valence-electron chi connectivity index (χ2n) is 3.66. The van der Waals surface area contributed by atoms with Crippen LogP contribution in [0.4, 0.5) is 4.39 Å². The third-order valence-corrected chi connectivity index (χ3v) is 2.42. The number of benzene rings is 1. The molecule has 1 heterocycles. The van der Waals surface area contributed by atoms with Crippen molar-refractivity contribution in [1.29, 1.82) is 0 Å². The van der Waals surface area contributed by atoms with Crippen LogP contribution in [0.3, 0.4) is 0 Å². The fraction of sp³-hybridized carbons (Fsp3) is 0.167. The van der Waals surface area contributed by atoms with Crippen LogP contribution in [0, 0.1) is 5.82 Å². The Kier molecular flexibility index (Phi) is 3.37. The highest BCUT2D eigenvalue weighted by Gasteiger charge is 2.15. The van der Waals surface area contributed by atoms with Crippen molar-refractivity contribution in [2.75, 3.05) is 6.61 Å². The molecule has 0 fully saturated rings. The summed E-state index contributed by atoms with van der Waals surface area (Å²) in [6, 6.07) is 6.15. The molecule has 2 N–H and O–H groups in total. The van der Waals surface area contributed by atoms with Crippen molar-refractivity contribution in [3.63, 3.8) is 0 Å². The highest BCUT2D eigenvalue weighted by atomic mass is 19.1. The molecule has 0 bridgehead atoms. The van der Waals surface area contributed by atoms with Gasteiger partial charge in [0.2, 0.25) is 11.7 Å². The lowest BCUT2D eigenvalue weighted by molar-refractivity contribution is 0.339. The third kappa shape index (κ3) is 2.35. The highest BCUT2D eigenvalue weighted by Crippen LogP contribution is 2.19. The monoisotopic (exact) mass is 266 g/mol. The average molecular weight is 266 g/mol. The zero-order chi connectivity index (χ0) is 14.0. The van der Waals surface area contributed by atoms with Gasteiger partial charge in [0.25, 0.3) is 5.56 Å². The van der Waals surface area contributed by atoms with Gasteiger partial charge in [-0.1, -0.05) is 6.07 Å². The van der Waals surface area contributed by atoms with E-state index in [9.17, 15) is 19.1 Å². The number of nitrogens with one attached hydrogen (secondary N) is 1. The second kappa shape index (κ2) is 4.97. The van der Waals surface area contributed by atoms with E-state index in [0.29, 0.717) is 16.9 Å². The summed E-state index contributed by atoms with van der Waals surface area (Å²) in [6.45, 7) is 2.21. The van der Waals surface area contributed by atoms with Gasteiger partial charge in [0.15, 0.2) is 0 Å². The Morgan fingerprint density at radius 2 is 2.16 bits per heavy atom. The molecule has 1 aromatic carbocycles. The zero-order valence-corrected chi connectivity index (χ0v) is 10.0. The van der Waals surface area contributed by atoms with E-state index in [2.05, 4.69) is 0 Å². The van der Waals surface area contributed by atoms with Crippen molar-refractivity contribution in [2.45, 2.75) is 6.92 Å². The van der Waals surface area contributed by atoms with Gasteiger partial charge in [0.1, 0.15) is 5.75 Å². The van der Waals surface area contributed by atoms with E-state index in [1.807, 2.05) is 0 Å². The molecule has 6 nitrogen and oxygen atoms in total. The maximum Gasteiger partial charge on any atom is 0.335 e. The Hall–Kier alpha value is -2.57. The van der Waals surface area contributed by atoms with Crippen LogP contribution in [0.1, 0.15) is 6.92 Å². The van der Waals surface area contributed by atoms with Crippen LogP contribution in [-0.2, 0) is 0 Å². The summed E-state index contributed by atoms with van der Waals surface area (Å²) in [5.41, 5.74) is -2.01. The molecule has 100 valence electrons. The first-order valence-corrected chi connectivity index (χ1v) is 5.51. The van der Waals surface area contributed by atoms with Crippen LogP contribution >= 0.6 is 0 Å².